The average Bonchev–Trinajstić information content (AvgIpc) is 2.65. The van der Waals surface area contributed by atoms with Gasteiger partial charge in [0.05, 0.1) is 12.3 Å². The Morgan fingerprint density at radius 2 is 2.12 bits per heavy atom. The molecule has 0 radical (unpaired) electrons. The Labute approximate surface area is 104 Å². The van der Waals surface area contributed by atoms with E-state index in [0.29, 0.717) is 0 Å². The maximum Gasteiger partial charge on any atom is 0.142 e. The summed E-state index contributed by atoms with van der Waals surface area (Å²) in [5, 5.41) is 3.43. The van der Waals surface area contributed by atoms with Crippen LogP contribution >= 0.6 is 0 Å². The average molecular weight is 234 g/mol. The number of nitrogens with zero attached hydrogens (tertiary/aromatic N) is 1. The zero-order valence-corrected chi connectivity index (χ0v) is 10.6. The van der Waals surface area contributed by atoms with Gasteiger partial charge in [-0.1, -0.05) is 19.1 Å². The van der Waals surface area contributed by atoms with Crippen LogP contribution in [-0.2, 0) is 0 Å². The molecule has 1 saturated heterocycles. The first kappa shape index (κ1) is 12.2. The van der Waals surface area contributed by atoms with Crippen molar-refractivity contribution in [1.82, 2.24) is 5.32 Å². The summed E-state index contributed by atoms with van der Waals surface area (Å²) in [6, 6.07) is 8.37. The highest BCUT2D eigenvalue weighted by Gasteiger charge is 2.13. The number of anilines is 1. The molecule has 0 bridgehead atoms. The predicted octanol–water partition coefficient (Wildman–Crippen LogP) is 2.28. The zero-order valence-electron chi connectivity index (χ0n) is 10.6. The minimum atomic E-state index is 0.795. The molecule has 1 heterocycles. The van der Waals surface area contributed by atoms with Crippen LogP contribution in [0.5, 0.6) is 5.75 Å². The van der Waals surface area contributed by atoms with Crippen LogP contribution in [0.2, 0.25) is 0 Å². The second-order valence-electron chi connectivity index (χ2n) is 4.41. The summed E-state index contributed by atoms with van der Waals surface area (Å²) in [6.45, 7) is 7.28. The zero-order chi connectivity index (χ0) is 11.9. The molecule has 1 N–H and O–H groups in total. The molecule has 3 heteroatoms. The van der Waals surface area contributed by atoms with Crippen LogP contribution in [0.15, 0.2) is 24.3 Å². The summed E-state index contributed by atoms with van der Waals surface area (Å²) >= 11 is 0. The van der Waals surface area contributed by atoms with Gasteiger partial charge in [-0.05, 0) is 31.5 Å². The molecule has 2 rings (SSSR count). The summed E-state index contributed by atoms with van der Waals surface area (Å²) in [6.07, 6.45) is 2.25. The highest BCUT2D eigenvalue weighted by molar-refractivity contribution is 5.58. The van der Waals surface area contributed by atoms with E-state index >= 15 is 0 Å². The molecule has 3 nitrogen and oxygen atoms in total. The third kappa shape index (κ3) is 3.37. The minimum absolute atomic E-state index is 0.795. The molecule has 0 atom stereocenters. The van der Waals surface area contributed by atoms with Gasteiger partial charge in [-0.2, -0.15) is 0 Å². The lowest BCUT2D eigenvalue weighted by Crippen LogP contribution is -2.28. The lowest BCUT2D eigenvalue weighted by molar-refractivity contribution is 0.317. The molecule has 0 aromatic heterocycles. The van der Waals surface area contributed by atoms with Gasteiger partial charge < -0.3 is 15.0 Å². The molecular formula is C14H22N2O. The van der Waals surface area contributed by atoms with Crippen molar-refractivity contribution in [3.05, 3.63) is 24.3 Å². The summed E-state index contributed by atoms with van der Waals surface area (Å²) in [4.78, 5) is 2.42. The van der Waals surface area contributed by atoms with Crippen LogP contribution in [0.4, 0.5) is 5.69 Å². The molecule has 1 fully saturated rings. The van der Waals surface area contributed by atoms with Gasteiger partial charge in [-0.15, -0.1) is 0 Å². The van der Waals surface area contributed by atoms with Crippen LogP contribution in [0.1, 0.15) is 19.8 Å². The molecule has 0 aliphatic carbocycles. The molecule has 1 aliphatic heterocycles. The molecule has 0 unspecified atom stereocenters. The van der Waals surface area contributed by atoms with E-state index in [1.165, 1.54) is 12.1 Å². The smallest absolute Gasteiger partial charge is 0.142 e. The van der Waals surface area contributed by atoms with Crippen LogP contribution in [0, 0.1) is 0 Å². The van der Waals surface area contributed by atoms with Crippen molar-refractivity contribution in [2.75, 3.05) is 37.7 Å². The van der Waals surface area contributed by atoms with E-state index in [9.17, 15) is 0 Å². The first-order valence-corrected chi connectivity index (χ1v) is 6.59. The van der Waals surface area contributed by atoms with Gasteiger partial charge in [0.1, 0.15) is 5.75 Å². The van der Waals surface area contributed by atoms with E-state index < -0.39 is 0 Å². The molecule has 0 spiro atoms. The Balaban J connectivity index is 2.11. The monoisotopic (exact) mass is 234 g/mol. The number of rotatable bonds is 4. The lowest BCUT2D eigenvalue weighted by atomic mass is 10.2. The van der Waals surface area contributed by atoms with Crippen molar-refractivity contribution in [2.45, 2.75) is 19.8 Å². The summed E-state index contributed by atoms with van der Waals surface area (Å²) in [5.74, 6) is 1.02. The van der Waals surface area contributed by atoms with E-state index in [1.54, 1.807) is 0 Å². The second kappa shape index (κ2) is 6.50. The molecular weight excluding hydrogens is 212 g/mol. The predicted molar refractivity (Wildman–Crippen MR) is 71.9 cm³/mol. The van der Waals surface area contributed by atoms with E-state index in [4.69, 9.17) is 4.74 Å². The quantitative estimate of drug-likeness (QED) is 0.865. The number of para-hydroxylation sites is 2. The van der Waals surface area contributed by atoms with E-state index in [2.05, 4.69) is 35.3 Å². The minimum Gasteiger partial charge on any atom is -0.491 e. The Hall–Kier alpha value is -1.22. The van der Waals surface area contributed by atoms with E-state index in [-0.39, 0.29) is 0 Å². The van der Waals surface area contributed by atoms with Gasteiger partial charge in [0.25, 0.3) is 0 Å². The highest BCUT2D eigenvalue weighted by atomic mass is 16.5. The molecule has 0 saturated carbocycles. The Bertz CT molecular complexity index is 333. The highest BCUT2D eigenvalue weighted by Crippen LogP contribution is 2.28. The maximum atomic E-state index is 5.82. The van der Waals surface area contributed by atoms with Gasteiger partial charge in [0, 0.05) is 19.6 Å². The number of hydrogen-bond acceptors (Lipinski definition) is 3. The normalized spacial score (nSPS) is 16.6. The van der Waals surface area contributed by atoms with Crippen LogP contribution < -0.4 is 15.0 Å². The topological polar surface area (TPSA) is 24.5 Å². The third-order valence-electron chi connectivity index (χ3n) is 3.01. The SMILES string of the molecule is CCCOc1ccccc1N1CCCNCC1. The first-order chi connectivity index (χ1) is 8.42. The molecule has 1 aromatic carbocycles. The van der Waals surface area contributed by atoms with Crippen molar-refractivity contribution in [3.8, 4) is 5.75 Å². The van der Waals surface area contributed by atoms with Gasteiger partial charge in [-0.25, -0.2) is 0 Å². The largest absolute Gasteiger partial charge is 0.491 e. The fourth-order valence-electron chi connectivity index (χ4n) is 2.14. The number of nitrogens with one attached hydrogen (secondary N) is 1. The maximum absolute atomic E-state index is 5.82. The fraction of sp³-hybridized carbons (Fsp3) is 0.571. The molecule has 0 amide bonds. The molecule has 94 valence electrons. The van der Waals surface area contributed by atoms with Gasteiger partial charge in [-0.3, -0.25) is 0 Å². The number of benzene rings is 1. The second-order valence-corrected chi connectivity index (χ2v) is 4.41. The Morgan fingerprint density at radius 3 is 3.00 bits per heavy atom. The summed E-state index contributed by atoms with van der Waals surface area (Å²) < 4.78 is 5.82. The first-order valence-electron chi connectivity index (χ1n) is 6.59. The number of hydrogen-bond donors (Lipinski definition) is 1. The van der Waals surface area contributed by atoms with Crippen LogP contribution in [0.25, 0.3) is 0 Å². The summed E-state index contributed by atoms with van der Waals surface area (Å²) in [7, 11) is 0. The van der Waals surface area contributed by atoms with Crippen molar-refractivity contribution in [2.24, 2.45) is 0 Å². The van der Waals surface area contributed by atoms with Crippen LogP contribution in [0.3, 0.4) is 0 Å². The van der Waals surface area contributed by atoms with Crippen molar-refractivity contribution >= 4 is 5.69 Å². The van der Waals surface area contributed by atoms with Crippen molar-refractivity contribution in [3.63, 3.8) is 0 Å². The standard InChI is InChI=1S/C14H22N2O/c1-2-12-17-14-7-4-3-6-13(14)16-10-5-8-15-9-11-16/h3-4,6-7,15H,2,5,8-12H2,1H3. The molecule has 17 heavy (non-hydrogen) atoms. The molecule has 1 aliphatic rings. The third-order valence-corrected chi connectivity index (χ3v) is 3.01. The van der Waals surface area contributed by atoms with E-state index in [1.807, 2.05) is 6.07 Å². The van der Waals surface area contributed by atoms with Gasteiger partial charge >= 0.3 is 0 Å². The van der Waals surface area contributed by atoms with Gasteiger partial charge in [0.15, 0.2) is 0 Å². The van der Waals surface area contributed by atoms with E-state index in [0.717, 1.165) is 45.0 Å². The fourth-order valence-corrected chi connectivity index (χ4v) is 2.14. The summed E-state index contributed by atoms with van der Waals surface area (Å²) in [5.41, 5.74) is 1.24. The van der Waals surface area contributed by atoms with Crippen LogP contribution in [-0.4, -0.2) is 32.8 Å². The lowest BCUT2D eigenvalue weighted by Gasteiger charge is -2.24. The Kier molecular flexibility index (Phi) is 4.68. The molecule has 1 aromatic rings. The van der Waals surface area contributed by atoms with Crippen molar-refractivity contribution in [1.29, 1.82) is 0 Å². The number of ether oxygens (including phenoxy) is 1. The van der Waals surface area contributed by atoms with Crippen molar-refractivity contribution < 1.29 is 4.74 Å². The Morgan fingerprint density at radius 1 is 1.24 bits per heavy atom. The van der Waals surface area contributed by atoms with Gasteiger partial charge in [0.2, 0.25) is 0 Å².